The van der Waals surface area contributed by atoms with Crippen LogP contribution in [-0.4, -0.2) is 31.1 Å². The molecule has 0 aliphatic heterocycles. The molecule has 1 N–H and O–H groups in total. The van der Waals surface area contributed by atoms with Gasteiger partial charge in [-0.2, -0.15) is 0 Å². The molecule has 0 bridgehead atoms. The summed E-state index contributed by atoms with van der Waals surface area (Å²) >= 11 is 0. The molecule has 3 aromatic carbocycles. The number of benzene rings is 3. The number of fused-ring (bicyclic) bond motifs is 2. The first-order valence-corrected chi connectivity index (χ1v) is 14.3. The fourth-order valence-electron chi connectivity index (χ4n) is 5.10. The summed E-state index contributed by atoms with van der Waals surface area (Å²) in [5.74, 6) is -1.01. The van der Waals surface area contributed by atoms with Gasteiger partial charge in [0, 0.05) is 70.2 Å². The van der Waals surface area contributed by atoms with Gasteiger partial charge in [0.25, 0.3) is 0 Å². The summed E-state index contributed by atoms with van der Waals surface area (Å²) in [5, 5.41) is 0.941. The molecule has 0 aliphatic rings. The van der Waals surface area contributed by atoms with Crippen molar-refractivity contribution in [3.8, 4) is 0 Å². The quantitative estimate of drug-likeness (QED) is 0.233. The van der Waals surface area contributed by atoms with Crippen LogP contribution in [0.1, 0.15) is 37.4 Å². The number of H-pyrrole nitrogens is 1. The zero-order chi connectivity index (χ0) is 32.0. The monoisotopic (exact) mass is 608 g/mol. The van der Waals surface area contributed by atoms with E-state index in [2.05, 4.69) is 15.0 Å². The third-order valence-corrected chi connectivity index (χ3v) is 7.45. The Morgan fingerprint density at radius 1 is 0.652 bits per heavy atom. The fraction of sp³-hybridized carbons (Fsp3) is 0.0270. The molecule has 0 unspecified atom stereocenters. The Balaban J connectivity index is 0.000000172. The molecular formula is C37H25FN4O4. The van der Waals surface area contributed by atoms with Gasteiger partial charge in [-0.05, 0) is 54.6 Å². The third-order valence-electron chi connectivity index (χ3n) is 7.45. The van der Waals surface area contributed by atoms with Crippen LogP contribution < -0.4 is 10.9 Å². The lowest BCUT2D eigenvalue weighted by Crippen LogP contribution is -2.20. The van der Waals surface area contributed by atoms with E-state index < -0.39 is 0 Å². The van der Waals surface area contributed by atoms with Crippen LogP contribution in [0.4, 0.5) is 4.39 Å². The van der Waals surface area contributed by atoms with Crippen LogP contribution in [-0.2, 0) is 6.54 Å². The number of aromatic nitrogens is 4. The van der Waals surface area contributed by atoms with Crippen LogP contribution in [0.2, 0.25) is 0 Å². The Hall–Kier alpha value is -6.35. The van der Waals surface area contributed by atoms with E-state index in [4.69, 9.17) is 0 Å². The molecule has 0 saturated carbocycles. The van der Waals surface area contributed by atoms with E-state index in [1.807, 2.05) is 12.1 Å². The van der Waals surface area contributed by atoms with Gasteiger partial charge >= 0.3 is 0 Å². The average molecular weight is 609 g/mol. The molecule has 0 saturated heterocycles. The number of rotatable bonds is 6. The highest BCUT2D eigenvalue weighted by Gasteiger charge is 2.18. The number of nitrogens with zero attached hydrogens (tertiary/aromatic N) is 3. The van der Waals surface area contributed by atoms with Crippen LogP contribution >= 0.6 is 0 Å². The van der Waals surface area contributed by atoms with Crippen LogP contribution in [0.15, 0.2) is 144 Å². The van der Waals surface area contributed by atoms with E-state index >= 15 is 0 Å². The van der Waals surface area contributed by atoms with Gasteiger partial charge in [-0.1, -0.05) is 42.5 Å². The summed E-state index contributed by atoms with van der Waals surface area (Å²) in [6.45, 7) is 0.212. The number of hydrogen-bond acceptors (Lipinski definition) is 6. The number of ketones is 2. The normalized spacial score (nSPS) is 10.7. The molecule has 0 atom stereocenters. The average Bonchev–Trinajstić information content (AvgIpc) is 3.11. The number of halogens is 1. The Kier molecular flexibility index (Phi) is 8.47. The minimum Gasteiger partial charge on any atom is -0.360 e. The van der Waals surface area contributed by atoms with Crippen molar-refractivity contribution in [3.05, 3.63) is 188 Å². The Morgan fingerprint density at radius 3 is 1.87 bits per heavy atom. The maximum Gasteiger partial charge on any atom is 0.200 e. The number of aromatic amines is 1. The van der Waals surface area contributed by atoms with E-state index in [-0.39, 0.29) is 45.9 Å². The van der Waals surface area contributed by atoms with Crippen molar-refractivity contribution in [1.82, 2.24) is 19.5 Å². The Morgan fingerprint density at radius 2 is 1.20 bits per heavy atom. The van der Waals surface area contributed by atoms with Crippen LogP contribution in [0.5, 0.6) is 0 Å². The zero-order valence-electron chi connectivity index (χ0n) is 24.3. The fourth-order valence-corrected chi connectivity index (χ4v) is 5.10. The summed E-state index contributed by atoms with van der Waals surface area (Å²) in [5.41, 5.74) is 2.30. The lowest BCUT2D eigenvalue weighted by molar-refractivity contribution is 0.102. The Labute approximate surface area is 261 Å². The first kappa shape index (κ1) is 29.7. The lowest BCUT2D eigenvalue weighted by Gasteiger charge is -2.14. The number of carbonyl (C=O) groups is 2. The van der Waals surface area contributed by atoms with E-state index in [1.54, 1.807) is 83.4 Å². The van der Waals surface area contributed by atoms with Gasteiger partial charge in [0.1, 0.15) is 5.82 Å². The zero-order valence-corrected chi connectivity index (χ0v) is 24.3. The van der Waals surface area contributed by atoms with Gasteiger partial charge in [-0.15, -0.1) is 0 Å². The minimum atomic E-state index is -0.379. The Bertz CT molecular complexity index is 2340. The van der Waals surface area contributed by atoms with E-state index in [1.165, 1.54) is 43.2 Å². The molecule has 46 heavy (non-hydrogen) atoms. The molecule has 0 spiro atoms. The lowest BCUT2D eigenvalue weighted by atomic mass is 10.0. The molecule has 7 aromatic rings. The van der Waals surface area contributed by atoms with Crippen LogP contribution in [0, 0.1) is 5.82 Å². The summed E-state index contributed by atoms with van der Waals surface area (Å²) in [7, 11) is 0. The molecule has 0 aliphatic carbocycles. The van der Waals surface area contributed by atoms with Gasteiger partial charge < -0.3 is 9.55 Å². The third kappa shape index (κ3) is 6.02. The molecule has 7 rings (SSSR count). The second-order valence-electron chi connectivity index (χ2n) is 10.3. The first-order chi connectivity index (χ1) is 22.4. The van der Waals surface area contributed by atoms with E-state index in [0.717, 1.165) is 5.52 Å². The maximum absolute atomic E-state index is 14.1. The molecular weight excluding hydrogens is 583 g/mol. The van der Waals surface area contributed by atoms with Crippen molar-refractivity contribution in [2.75, 3.05) is 0 Å². The highest BCUT2D eigenvalue weighted by Crippen LogP contribution is 2.17. The van der Waals surface area contributed by atoms with Gasteiger partial charge in [0.2, 0.25) is 10.9 Å². The highest BCUT2D eigenvalue weighted by atomic mass is 19.1. The standard InChI is InChI=1S/C22H15FN2O2.C15H10N2O2/c23-19-7-3-1-5-16(19)13-25-14-18(21(26)15-9-11-24-12-10-15)22(27)17-6-2-4-8-20(17)25;18-14(10-5-7-16-8-6-10)12-9-17-13-4-2-1-3-11(13)15(12)19/h1-12,14H,13H2;1-9H,(H,17,19). The number of pyridine rings is 4. The summed E-state index contributed by atoms with van der Waals surface area (Å²) in [4.78, 5) is 61.0. The number of para-hydroxylation sites is 2. The summed E-state index contributed by atoms with van der Waals surface area (Å²) in [6, 6.07) is 26.9. The molecule has 0 fully saturated rings. The smallest absolute Gasteiger partial charge is 0.200 e. The largest absolute Gasteiger partial charge is 0.360 e. The topological polar surface area (TPSA) is 115 Å². The molecule has 8 nitrogen and oxygen atoms in total. The van der Waals surface area contributed by atoms with Crippen LogP contribution in [0.25, 0.3) is 21.8 Å². The maximum atomic E-state index is 14.1. The predicted octanol–water partition coefficient (Wildman–Crippen LogP) is 5.97. The van der Waals surface area contributed by atoms with Crippen molar-refractivity contribution in [3.63, 3.8) is 0 Å². The first-order valence-electron chi connectivity index (χ1n) is 14.3. The highest BCUT2D eigenvalue weighted by molar-refractivity contribution is 6.10. The predicted molar refractivity (Wildman–Crippen MR) is 174 cm³/mol. The van der Waals surface area contributed by atoms with Gasteiger partial charge in [-0.3, -0.25) is 29.1 Å². The van der Waals surface area contributed by atoms with Crippen molar-refractivity contribution in [2.45, 2.75) is 6.54 Å². The molecule has 224 valence electrons. The molecule has 4 heterocycles. The van der Waals surface area contributed by atoms with Crippen molar-refractivity contribution in [1.29, 1.82) is 0 Å². The van der Waals surface area contributed by atoms with E-state index in [0.29, 0.717) is 33.0 Å². The summed E-state index contributed by atoms with van der Waals surface area (Å²) < 4.78 is 15.9. The van der Waals surface area contributed by atoms with Crippen molar-refractivity contribution < 1.29 is 14.0 Å². The minimum absolute atomic E-state index is 0.0521. The molecule has 9 heteroatoms. The molecule has 4 aromatic heterocycles. The molecule has 0 radical (unpaired) electrons. The van der Waals surface area contributed by atoms with E-state index in [9.17, 15) is 23.6 Å². The second-order valence-corrected chi connectivity index (χ2v) is 10.3. The summed E-state index contributed by atoms with van der Waals surface area (Å²) in [6.07, 6.45) is 9.05. The molecule has 0 amide bonds. The number of carbonyl (C=O) groups excluding carboxylic acids is 2. The SMILES string of the molecule is O=C(c1ccncc1)c1c[nH]c2ccccc2c1=O.O=C(c1ccncc1)c1cn(Cc2ccccc2F)c2ccccc2c1=O. The van der Waals surface area contributed by atoms with Gasteiger partial charge in [-0.25, -0.2) is 4.39 Å². The van der Waals surface area contributed by atoms with Crippen molar-refractivity contribution >= 4 is 33.4 Å². The van der Waals surface area contributed by atoms with Crippen LogP contribution in [0.3, 0.4) is 0 Å². The second kappa shape index (κ2) is 13.1. The number of nitrogens with one attached hydrogen (secondary N) is 1. The van der Waals surface area contributed by atoms with Gasteiger partial charge in [0.15, 0.2) is 11.6 Å². The van der Waals surface area contributed by atoms with Gasteiger partial charge in [0.05, 0.1) is 23.2 Å². The number of hydrogen-bond donors (Lipinski definition) is 1. The van der Waals surface area contributed by atoms with Crippen molar-refractivity contribution in [2.24, 2.45) is 0 Å².